The number of ether oxygens (including phenoxy) is 1. The van der Waals surface area contributed by atoms with Crippen molar-refractivity contribution in [2.75, 3.05) is 32.1 Å². The maximum Gasteiger partial charge on any atom is 0.224 e. The fourth-order valence-electron chi connectivity index (χ4n) is 2.62. The van der Waals surface area contributed by atoms with Crippen molar-refractivity contribution in [3.8, 4) is 0 Å². The van der Waals surface area contributed by atoms with E-state index in [1.807, 2.05) is 24.8 Å². The number of carbonyl (C=O) groups excluding carboxylic acids is 1. The Morgan fingerprint density at radius 3 is 2.71 bits per heavy atom. The normalized spacial score (nSPS) is 16.0. The monoisotopic (exact) mass is 292 g/mol. The molecule has 2 heterocycles. The van der Waals surface area contributed by atoms with Crippen molar-refractivity contribution < 1.29 is 9.53 Å². The van der Waals surface area contributed by atoms with Gasteiger partial charge < -0.3 is 15.0 Å². The molecule has 1 fully saturated rings. The Labute approximate surface area is 125 Å². The summed E-state index contributed by atoms with van der Waals surface area (Å²) in [6.07, 6.45) is 2.36. The predicted molar refractivity (Wildman–Crippen MR) is 81.2 cm³/mol. The lowest BCUT2D eigenvalue weighted by molar-refractivity contribution is -0.133. The second-order valence-electron chi connectivity index (χ2n) is 5.48. The number of aromatic nitrogens is 2. The van der Waals surface area contributed by atoms with E-state index >= 15 is 0 Å². The summed E-state index contributed by atoms with van der Waals surface area (Å²) in [5.74, 6) is 1.85. The molecule has 1 saturated heterocycles. The number of anilines is 1. The van der Waals surface area contributed by atoms with E-state index in [2.05, 4.69) is 15.3 Å². The van der Waals surface area contributed by atoms with Gasteiger partial charge >= 0.3 is 0 Å². The van der Waals surface area contributed by atoms with Crippen LogP contribution in [0.3, 0.4) is 0 Å². The van der Waals surface area contributed by atoms with Crippen molar-refractivity contribution in [2.45, 2.75) is 39.2 Å². The summed E-state index contributed by atoms with van der Waals surface area (Å²) in [6.45, 7) is 5.95. The molecule has 6 heteroatoms. The number of hydrogen-bond acceptors (Lipinski definition) is 5. The number of methoxy groups -OCH3 is 1. The van der Waals surface area contributed by atoms with Gasteiger partial charge in [-0.1, -0.05) is 0 Å². The first-order chi connectivity index (χ1) is 10.1. The fourth-order valence-corrected chi connectivity index (χ4v) is 2.62. The minimum absolute atomic E-state index is 0.184. The Balaban J connectivity index is 1.82. The lowest BCUT2D eigenvalue weighted by Crippen LogP contribution is -2.42. The number of amides is 1. The summed E-state index contributed by atoms with van der Waals surface area (Å²) in [4.78, 5) is 22.5. The van der Waals surface area contributed by atoms with Gasteiger partial charge in [0.1, 0.15) is 11.6 Å². The second-order valence-corrected chi connectivity index (χ2v) is 5.48. The Bertz CT molecular complexity index is 464. The van der Waals surface area contributed by atoms with Crippen LogP contribution in [0.1, 0.15) is 30.8 Å². The van der Waals surface area contributed by atoms with Crippen LogP contribution in [-0.4, -0.2) is 53.6 Å². The highest BCUT2D eigenvalue weighted by Crippen LogP contribution is 2.16. The standard InChI is InChI=1S/C15H24N4O2/c1-11-10-14(17-12(2)16-11)18-13-4-7-19(8-5-13)15(20)6-9-21-3/h10,13H,4-9H2,1-3H3,(H,16,17,18). The summed E-state index contributed by atoms with van der Waals surface area (Å²) in [5.41, 5.74) is 0.970. The number of aryl methyl sites for hydroxylation is 2. The molecule has 0 spiro atoms. The molecule has 21 heavy (non-hydrogen) atoms. The van der Waals surface area contributed by atoms with Crippen LogP contribution in [0.2, 0.25) is 0 Å². The van der Waals surface area contributed by atoms with Crippen molar-refractivity contribution in [3.63, 3.8) is 0 Å². The SMILES string of the molecule is COCCC(=O)N1CCC(Nc2cc(C)nc(C)n2)CC1. The quantitative estimate of drug-likeness (QED) is 0.891. The minimum Gasteiger partial charge on any atom is -0.384 e. The molecule has 0 radical (unpaired) electrons. The molecular weight excluding hydrogens is 268 g/mol. The Hall–Kier alpha value is -1.69. The fraction of sp³-hybridized carbons (Fsp3) is 0.667. The molecule has 1 aromatic heterocycles. The largest absolute Gasteiger partial charge is 0.384 e. The van der Waals surface area contributed by atoms with Crippen molar-refractivity contribution >= 4 is 11.7 Å². The van der Waals surface area contributed by atoms with Crippen molar-refractivity contribution in [2.24, 2.45) is 0 Å². The van der Waals surface area contributed by atoms with Crippen LogP contribution in [0, 0.1) is 13.8 Å². The van der Waals surface area contributed by atoms with E-state index in [0.29, 0.717) is 19.1 Å². The highest BCUT2D eigenvalue weighted by Gasteiger charge is 2.22. The number of hydrogen-bond donors (Lipinski definition) is 1. The van der Waals surface area contributed by atoms with E-state index in [9.17, 15) is 4.79 Å². The maximum absolute atomic E-state index is 11.9. The molecule has 1 aliphatic rings. The van der Waals surface area contributed by atoms with Gasteiger partial charge in [0.25, 0.3) is 0 Å². The van der Waals surface area contributed by atoms with Crippen LogP contribution in [0.5, 0.6) is 0 Å². The molecule has 0 atom stereocenters. The van der Waals surface area contributed by atoms with Gasteiger partial charge in [0.05, 0.1) is 13.0 Å². The lowest BCUT2D eigenvalue weighted by atomic mass is 10.0. The summed E-state index contributed by atoms with van der Waals surface area (Å²) >= 11 is 0. The molecule has 1 aliphatic heterocycles. The molecule has 0 aromatic carbocycles. The van der Waals surface area contributed by atoms with E-state index in [-0.39, 0.29) is 5.91 Å². The zero-order valence-corrected chi connectivity index (χ0v) is 13.1. The van der Waals surface area contributed by atoms with Gasteiger partial charge in [-0.05, 0) is 26.7 Å². The maximum atomic E-state index is 11.9. The second kappa shape index (κ2) is 7.36. The Kier molecular flexibility index (Phi) is 5.50. The van der Waals surface area contributed by atoms with Crippen molar-refractivity contribution in [1.29, 1.82) is 0 Å². The van der Waals surface area contributed by atoms with Gasteiger partial charge in [-0.2, -0.15) is 0 Å². The smallest absolute Gasteiger partial charge is 0.224 e. The van der Waals surface area contributed by atoms with Crippen LogP contribution in [0.15, 0.2) is 6.07 Å². The first-order valence-electron chi connectivity index (χ1n) is 7.44. The molecule has 6 nitrogen and oxygen atoms in total. The van der Waals surface area contributed by atoms with Gasteiger partial charge in [0.2, 0.25) is 5.91 Å². The van der Waals surface area contributed by atoms with Crippen LogP contribution >= 0.6 is 0 Å². The van der Waals surface area contributed by atoms with Crippen LogP contribution in [0.4, 0.5) is 5.82 Å². The van der Waals surface area contributed by atoms with E-state index < -0.39 is 0 Å². The number of nitrogens with zero attached hydrogens (tertiary/aromatic N) is 3. The van der Waals surface area contributed by atoms with Gasteiger partial charge in [0.15, 0.2) is 0 Å². The third-order valence-corrected chi connectivity index (χ3v) is 3.69. The zero-order valence-electron chi connectivity index (χ0n) is 13.1. The summed E-state index contributed by atoms with van der Waals surface area (Å²) < 4.78 is 4.95. The average molecular weight is 292 g/mol. The molecular formula is C15H24N4O2. The predicted octanol–water partition coefficient (Wildman–Crippen LogP) is 1.53. The number of likely N-dealkylation sites (tertiary alicyclic amines) is 1. The number of rotatable bonds is 5. The average Bonchev–Trinajstić information content (AvgIpc) is 2.44. The zero-order chi connectivity index (χ0) is 15.2. The third-order valence-electron chi connectivity index (χ3n) is 3.69. The molecule has 116 valence electrons. The summed E-state index contributed by atoms with van der Waals surface area (Å²) in [6, 6.07) is 2.33. The highest BCUT2D eigenvalue weighted by atomic mass is 16.5. The van der Waals surface area contributed by atoms with Gasteiger partial charge in [-0.15, -0.1) is 0 Å². The number of nitrogens with one attached hydrogen (secondary N) is 1. The van der Waals surface area contributed by atoms with Crippen molar-refractivity contribution in [1.82, 2.24) is 14.9 Å². The molecule has 2 rings (SSSR count). The van der Waals surface area contributed by atoms with Gasteiger partial charge in [0, 0.05) is 38.0 Å². The molecule has 1 N–H and O–H groups in total. The molecule has 0 unspecified atom stereocenters. The van der Waals surface area contributed by atoms with Crippen LogP contribution in [-0.2, 0) is 9.53 Å². The first-order valence-corrected chi connectivity index (χ1v) is 7.44. The van der Waals surface area contributed by atoms with Crippen molar-refractivity contribution in [3.05, 3.63) is 17.6 Å². The summed E-state index contributed by atoms with van der Waals surface area (Å²) in [5, 5.41) is 3.45. The van der Waals surface area contributed by atoms with Gasteiger partial charge in [-0.3, -0.25) is 4.79 Å². The van der Waals surface area contributed by atoms with Crippen LogP contribution in [0.25, 0.3) is 0 Å². The Morgan fingerprint density at radius 1 is 1.38 bits per heavy atom. The van der Waals surface area contributed by atoms with E-state index in [4.69, 9.17) is 4.74 Å². The third kappa shape index (κ3) is 4.67. The van der Waals surface area contributed by atoms with E-state index in [1.165, 1.54) is 0 Å². The minimum atomic E-state index is 0.184. The van der Waals surface area contributed by atoms with Crippen LogP contribution < -0.4 is 5.32 Å². The Morgan fingerprint density at radius 2 is 2.10 bits per heavy atom. The molecule has 1 aromatic rings. The molecule has 0 aliphatic carbocycles. The molecule has 0 saturated carbocycles. The highest BCUT2D eigenvalue weighted by molar-refractivity contribution is 5.76. The molecule has 1 amide bonds. The summed E-state index contributed by atoms with van der Waals surface area (Å²) in [7, 11) is 1.62. The number of carbonyl (C=O) groups is 1. The topological polar surface area (TPSA) is 67.3 Å². The number of piperidine rings is 1. The van der Waals surface area contributed by atoms with Gasteiger partial charge in [-0.25, -0.2) is 9.97 Å². The molecule has 0 bridgehead atoms. The lowest BCUT2D eigenvalue weighted by Gasteiger charge is -2.32. The first kappa shape index (κ1) is 15.7. The van der Waals surface area contributed by atoms with E-state index in [0.717, 1.165) is 43.3 Å². The van der Waals surface area contributed by atoms with E-state index in [1.54, 1.807) is 7.11 Å².